The number of hydrogen-bond acceptors (Lipinski definition) is 4. The molecule has 0 spiro atoms. The van der Waals surface area contributed by atoms with Gasteiger partial charge in [0, 0.05) is 0 Å². The Morgan fingerprint density at radius 1 is 1.33 bits per heavy atom. The second-order valence-corrected chi connectivity index (χ2v) is 6.03. The fourth-order valence-electron chi connectivity index (χ4n) is 3.01. The van der Waals surface area contributed by atoms with Crippen LogP contribution in [0.5, 0.6) is 0 Å². The van der Waals surface area contributed by atoms with Gasteiger partial charge in [-0.2, -0.15) is 0 Å². The third-order valence-electron chi connectivity index (χ3n) is 3.99. The first kappa shape index (κ1) is 13.5. The molecule has 1 amide bonds. The Labute approximate surface area is 123 Å². The van der Waals surface area contributed by atoms with Gasteiger partial charge in [-0.25, -0.2) is 4.98 Å². The van der Waals surface area contributed by atoms with Crippen molar-refractivity contribution in [2.75, 3.05) is 5.32 Å². The minimum Gasteiger partial charge on any atom is -0.364 e. The highest BCUT2D eigenvalue weighted by Crippen LogP contribution is 2.45. The van der Waals surface area contributed by atoms with E-state index >= 15 is 0 Å². The van der Waals surface area contributed by atoms with Crippen molar-refractivity contribution in [1.29, 1.82) is 0 Å². The molecule has 0 saturated heterocycles. The van der Waals surface area contributed by atoms with E-state index in [0.29, 0.717) is 5.82 Å². The fraction of sp³-hybridized carbons (Fsp3) is 0.312. The van der Waals surface area contributed by atoms with Gasteiger partial charge >= 0.3 is 0 Å². The normalized spacial score (nSPS) is 19.0. The molecule has 0 radical (unpaired) electrons. The summed E-state index contributed by atoms with van der Waals surface area (Å²) in [6.07, 6.45) is 3.95. The number of anilines is 1. The van der Waals surface area contributed by atoms with Gasteiger partial charge in [-0.3, -0.25) is 9.78 Å². The molecule has 1 aromatic heterocycles. The number of carbonyl (C=O) groups excluding carboxylic acids is 1. The smallest absolute Gasteiger partial charge is 0.268 e. The molecule has 1 aromatic carbocycles. The van der Waals surface area contributed by atoms with Crippen molar-refractivity contribution < 1.29 is 4.79 Å². The van der Waals surface area contributed by atoms with Crippen LogP contribution in [0.2, 0.25) is 0 Å². The van der Waals surface area contributed by atoms with Gasteiger partial charge in [-0.05, 0) is 23.0 Å². The maximum absolute atomic E-state index is 11.2. The van der Waals surface area contributed by atoms with E-state index in [-0.39, 0.29) is 17.2 Å². The van der Waals surface area contributed by atoms with Gasteiger partial charge in [0.15, 0.2) is 0 Å². The van der Waals surface area contributed by atoms with Crippen LogP contribution in [0, 0.1) is 0 Å². The number of rotatable bonds is 3. The highest BCUT2D eigenvalue weighted by Gasteiger charge is 2.36. The largest absolute Gasteiger partial charge is 0.364 e. The third kappa shape index (κ3) is 2.46. The molecular formula is C16H18N4O. The Kier molecular flexibility index (Phi) is 3.12. The standard InChI is InChI=1S/C16H18N4O/c1-16(2)7-12(10-5-3-4-6-11(10)16)19-14-9-18-8-13(20-14)15(17)21/h3-6,8-9,12H,7H2,1-2H3,(H2,17,21)(H,19,20). The number of hydrogen-bond donors (Lipinski definition) is 2. The summed E-state index contributed by atoms with van der Waals surface area (Å²) in [6, 6.07) is 8.57. The number of fused-ring (bicyclic) bond motifs is 1. The summed E-state index contributed by atoms with van der Waals surface area (Å²) in [6.45, 7) is 4.47. The van der Waals surface area contributed by atoms with E-state index in [0.717, 1.165) is 6.42 Å². The van der Waals surface area contributed by atoms with E-state index in [1.165, 1.54) is 17.3 Å². The molecular weight excluding hydrogens is 264 g/mol. The van der Waals surface area contributed by atoms with Crippen LogP contribution < -0.4 is 11.1 Å². The van der Waals surface area contributed by atoms with Crippen molar-refractivity contribution in [3.63, 3.8) is 0 Å². The highest BCUT2D eigenvalue weighted by atomic mass is 16.1. The van der Waals surface area contributed by atoms with Crippen molar-refractivity contribution in [2.45, 2.75) is 31.7 Å². The molecule has 21 heavy (non-hydrogen) atoms. The van der Waals surface area contributed by atoms with Crippen LogP contribution in [0.1, 0.15) is 47.9 Å². The molecule has 1 aliphatic carbocycles. The lowest BCUT2D eigenvalue weighted by atomic mass is 9.86. The number of nitrogens with zero attached hydrogens (tertiary/aromatic N) is 2. The van der Waals surface area contributed by atoms with Gasteiger partial charge in [0.25, 0.3) is 5.91 Å². The summed E-state index contributed by atoms with van der Waals surface area (Å²) >= 11 is 0. The zero-order chi connectivity index (χ0) is 15.0. The molecule has 3 N–H and O–H groups in total. The third-order valence-corrected chi connectivity index (χ3v) is 3.99. The van der Waals surface area contributed by atoms with E-state index in [9.17, 15) is 4.79 Å². The first-order valence-electron chi connectivity index (χ1n) is 6.95. The van der Waals surface area contributed by atoms with Gasteiger partial charge in [0.05, 0.1) is 18.4 Å². The van der Waals surface area contributed by atoms with Crippen LogP contribution >= 0.6 is 0 Å². The number of primary amides is 1. The molecule has 3 rings (SSSR count). The van der Waals surface area contributed by atoms with Crippen molar-refractivity contribution in [2.24, 2.45) is 5.73 Å². The van der Waals surface area contributed by atoms with Gasteiger partial charge in [-0.1, -0.05) is 38.1 Å². The summed E-state index contributed by atoms with van der Waals surface area (Å²) in [4.78, 5) is 19.4. The molecule has 0 saturated carbocycles. The van der Waals surface area contributed by atoms with E-state index < -0.39 is 5.91 Å². The lowest BCUT2D eigenvalue weighted by Crippen LogP contribution is -2.17. The first-order valence-corrected chi connectivity index (χ1v) is 6.95. The molecule has 1 atom stereocenters. The van der Waals surface area contributed by atoms with Crippen LogP contribution in [0.15, 0.2) is 36.7 Å². The monoisotopic (exact) mass is 282 g/mol. The first-order chi connectivity index (χ1) is 9.97. The number of carbonyl (C=O) groups is 1. The average molecular weight is 282 g/mol. The molecule has 0 fully saturated rings. The Balaban J connectivity index is 1.90. The van der Waals surface area contributed by atoms with E-state index in [1.807, 2.05) is 6.07 Å². The van der Waals surface area contributed by atoms with Crippen LogP contribution in [0.3, 0.4) is 0 Å². The molecule has 5 heteroatoms. The molecule has 108 valence electrons. The zero-order valence-corrected chi connectivity index (χ0v) is 12.1. The van der Waals surface area contributed by atoms with Crippen LogP contribution in [-0.2, 0) is 5.41 Å². The van der Waals surface area contributed by atoms with E-state index in [2.05, 4.69) is 47.3 Å². The maximum atomic E-state index is 11.2. The zero-order valence-electron chi connectivity index (χ0n) is 12.1. The van der Waals surface area contributed by atoms with Crippen molar-refractivity contribution in [3.8, 4) is 0 Å². The molecule has 1 heterocycles. The van der Waals surface area contributed by atoms with Gasteiger partial charge in [0.2, 0.25) is 0 Å². The SMILES string of the molecule is CC1(C)CC(Nc2cncc(C(N)=O)n2)c2ccccc21. The molecule has 0 bridgehead atoms. The molecule has 1 aliphatic rings. The molecule has 1 unspecified atom stereocenters. The lowest BCUT2D eigenvalue weighted by Gasteiger charge is -2.19. The Morgan fingerprint density at radius 3 is 2.86 bits per heavy atom. The Bertz CT molecular complexity index is 696. The van der Waals surface area contributed by atoms with Gasteiger partial charge in [-0.15, -0.1) is 0 Å². The number of nitrogens with one attached hydrogen (secondary N) is 1. The van der Waals surface area contributed by atoms with Crippen molar-refractivity contribution >= 4 is 11.7 Å². The highest BCUT2D eigenvalue weighted by molar-refractivity contribution is 5.90. The van der Waals surface area contributed by atoms with Gasteiger partial charge in [0.1, 0.15) is 11.5 Å². The van der Waals surface area contributed by atoms with Crippen LogP contribution in [0.4, 0.5) is 5.82 Å². The van der Waals surface area contributed by atoms with Crippen LogP contribution in [0.25, 0.3) is 0 Å². The Morgan fingerprint density at radius 2 is 2.10 bits per heavy atom. The second kappa shape index (κ2) is 4.84. The minimum absolute atomic E-state index is 0.114. The van der Waals surface area contributed by atoms with Gasteiger partial charge < -0.3 is 11.1 Å². The lowest BCUT2D eigenvalue weighted by molar-refractivity contribution is 0.0995. The number of benzene rings is 1. The molecule has 0 aliphatic heterocycles. The summed E-state index contributed by atoms with van der Waals surface area (Å²) in [5.41, 5.74) is 8.15. The predicted octanol–water partition coefficient (Wildman–Crippen LogP) is 2.41. The van der Waals surface area contributed by atoms with E-state index in [4.69, 9.17) is 5.73 Å². The Hall–Kier alpha value is -2.43. The minimum atomic E-state index is -0.571. The summed E-state index contributed by atoms with van der Waals surface area (Å²) in [7, 11) is 0. The predicted molar refractivity (Wildman–Crippen MR) is 81.0 cm³/mol. The molecule has 5 nitrogen and oxygen atoms in total. The summed E-state index contributed by atoms with van der Waals surface area (Å²) in [5.74, 6) is 0.00195. The average Bonchev–Trinajstić information content (AvgIpc) is 2.71. The number of amides is 1. The topological polar surface area (TPSA) is 80.9 Å². The van der Waals surface area contributed by atoms with Crippen LogP contribution in [-0.4, -0.2) is 15.9 Å². The number of aromatic nitrogens is 2. The molecule has 2 aromatic rings. The quantitative estimate of drug-likeness (QED) is 0.905. The van der Waals surface area contributed by atoms with E-state index in [1.54, 1.807) is 6.20 Å². The summed E-state index contributed by atoms with van der Waals surface area (Å²) < 4.78 is 0. The fourth-order valence-corrected chi connectivity index (χ4v) is 3.01. The summed E-state index contributed by atoms with van der Waals surface area (Å²) in [5, 5.41) is 3.37. The van der Waals surface area contributed by atoms with Crippen molar-refractivity contribution in [3.05, 3.63) is 53.5 Å². The second-order valence-electron chi connectivity index (χ2n) is 6.03. The van der Waals surface area contributed by atoms with Crippen molar-refractivity contribution in [1.82, 2.24) is 9.97 Å². The maximum Gasteiger partial charge on any atom is 0.268 e. The number of nitrogens with two attached hydrogens (primary N) is 1.